The molecule has 76 valence electrons. The molecule has 0 fully saturated rings. The van der Waals surface area contributed by atoms with E-state index in [1.165, 1.54) is 0 Å². The summed E-state index contributed by atoms with van der Waals surface area (Å²) in [4.78, 5) is 25.2. The molecule has 7 heteroatoms. The Kier molecular flexibility index (Phi) is 2.80. The molecule has 0 saturated heterocycles. The summed E-state index contributed by atoms with van der Waals surface area (Å²) < 4.78 is 23.6. The monoisotopic (exact) mass is 205 g/mol. The number of hydrogen-bond donors (Lipinski definition) is 1. The molecule has 0 unspecified atom stereocenters. The van der Waals surface area contributed by atoms with Crippen molar-refractivity contribution in [1.82, 2.24) is 4.73 Å². The highest BCUT2D eigenvalue weighted by Crippen LogP contribution is 1.93. The first-order chi connectivity index (χ1) is 6.52. The van der Waals surface area contributed by atoms with Gasteiger partial charge in [0.25, 0.3) is 5.56 Å². The molecule has 0 saturated carbocycles. The van der Waals surface area contributed by atoms with Gasteiger partial charge >= 0.3 is 12.6 Å². The summed E-state index contributed by atoms with van der Waals surface area (Å²) >= 11 is 0. The van der Waals surface area contributed by atoms with Gasteiger partial charge in [-0.25, -0.2) is 4.79 Å². The van der Waals surface area contributed by atoms with E-state index >= 15 is 0 Å². The fourth-order valence-electron chi connectivity index (χ4n) is 0.807. The molecule has 1 heterocycles. The SMILES string of the molecule is O=C(O)c1cccn(OC(F)F)c1=O. The van der Waals surface area contributed by atoms with Gasteiger partial charge in [-0.1, -0.05) is 0 Å². The summed E-state index contributed by atoms with van der Waals surface area (Å²) in [5.74, 6) is -1.50. The Morgan fingerprint density at radius 3 is 2.71 bits per heavy atom. The van der Waals surface area contributed by atoms with Crippen molar-refractivity contribution in [1.29, 1.82) is 0 Å². The Bertz CT molecular complexity index is 401. The van der Waals surface area contributed by atoms with Crippen molar-refractivity contribution < 1.29 is 23.5 Å². The van der Waals surface area contributed by atoms with Crippen LogP contribution in [0, 0.1) is 0 Å². The third-order valence-corrected chi connectivity index (χ3v) is 1.34. The number of hydrogen-bond acceptors (Lipinski definition) is 3. The zero-order valence-electron chi connectivity index (χ0n) is 6.68. The van der Waals surface area contributed by atoms with Crippen LogP contribution in [0.4, 0.5) is 8.78 Å². The van der Waals surface area contributed by atoms with Gasteiger partial charge in [0.2, 0.25) is 0 Å². The van der Waals surface area contributed by atoms with Crippen molar-refractivity contribution in [3.05, 3.63) is 34.2 Å². The molecule has 1 aromatic rings. The average Bonchev–Trinajstić information content (AvgIpc) is 2.07. The second kappa shape index (κ2) is 3.86. The lowest BCUT2D eigenvalue weighted by atomic mass is 10.3. The highest BCUT2D eigenvalue weighted by atomic mass is 19.3. The van der Waals surface area contributed by atoms with E-state index in [9.17, 15) is 18.4 Å². The van der Waals surface area contributed by atoms with Gasteiger partial charge in [0.05, 0.1) is 0 Å². The Labute approximate surface area is 76.1 Å². The normalized spacial score (nSPS) is 10.2. The predicted molar refractivity (Wildman–Crippen MR) is 40.2 cm³/mol. The van der Waals surface area contributed by atoms with E-state index in [-0.39, 0.29) is 4.73 Å². The number of pyridine rings is 1. The third kappa shape index (κ3) is 2.06. The maximum atomic E-state index is 11.7. The number of aromatic carboxylic acids is 1. The quantitative estimate of drug-likeness (QED) is 0.765. The molecule has 0 spiro atoms. The van der Waals surface area contributed by atoms with Crippen LogP contribution in [0.2, 0.25) is 0 Å². The van der Waals surface area contributed by atoms with E-state index in [4.69, 9.17) is 5.11 Å². The van der Waals surface area contributed by atoms with E-state index in [0.717, 1.165) is 18.3 Å². The predicted octanol–water partition coefficient (Wildman–Crippen LogP) is 0.198. The van der Waals surface area contributed by atoms with Gasteiger partial charge in [0, 0.05) is 6.20 Å². The van der Waals surface area contributed by atoms with Crippen molar-refractivity contribution in [3.63, 3.8) is 0 Å². The molecule has 0 radical (unpaired) electrons. The van der Waals surface area contributed by atoms with E-state index in [2.05, 4.69) is 4.84 Å². The fraction of sp³-hybridized carbons (Fsp3) is 0.143. The summed E-state index contributed by atoms with van der Waals surface area (Å²) in [6, 6.07) is 2.11. The number of carboxylic acids is 1. The van der Waals surface area contributed by atoms with Crippen LogP contribution in [0.5, 0.6) is 0 Å². The van der Waals surface area contributed by atoms with Crippen LogP contribution in [0.25, 0.3) is 0 Å². The van der Waals surface area contributed by atoms with Crippen LogP contribution in [-0.4, -0.2) is 22.4 Å². The third-order valence-electron chi connectivity index (χ3n) is 1.34. The lowest BCUT2D eigenvalue weighted by Crippen LogP contribution is -2.32. The van der Waals surface area contributed by atoms with Gasteiger partial charge < -0.3 is 9.94 Å². The van der Waals surface area contributed by atoms with Crippen LogP contribution in [0.15, 0.2) is 23.1 Å². The number of carbonyl (C=O) groups is 1. The molecule has 0 aromatic carbocycles. The second-order valence-electron chi connectivity index (χ2n) is 2.22. The van der Waals surface area contributed by atoms with E-state index in [1.54, 1.807) is 0 Å². The van der Waals surface area contributed by atoms with Gasteiger partial charge in [-0.15, -0.1) is 4.73 Å². The summed E-state index contributed by atoms with van der Waals surface area (Å²) in [5, 5.41) is 8.47. The minimum absolute atomic E-state index is 0.175. The highest BCUT2D eigenvalue weighted by molar-refractivity contribution is 5.86. The van der Waals surface area contributed by atoms with Crippen molar-refractivity contribution in [2.75, 3.05) is 0 Å². The molecular weight excluding hydrogens is 200 g/mol. The van der Waals surface area contributed by atoms with Crippen LogP contribution < -0.4 is 10.4 Å². The van der Waals surface area contributed by atoms with Crippen LogP contribution in [0.1, 0.15) is 10.4 Å². The molecule has 0 amide bonds. The molecule has 14 heavy (non-hydrogen) atoms. The zero-order chi connectivity index (χ0) is 10.7. The van der Waals surface area contributed by atoms with Crippen LogP contribution in [0.3, 0.4) is 0 Å². The molecule has 5 nitrogen and oxygen atoms in total. The molecule has 0 atom stereocenters. The smallest absolute Gasteiger partial charge is 0.405 e. The Morgan fingerprint density at radius 2 is 2.21 bits per heavy atom. The molecule has 1 N–H and O–H groups in total. The zero-order valence-corrected chi connectivity index (χ0v) is 6.68. The number of carboxylic acid groups (broad SMARTS) is 1. The summed E-state index contributed by atoms with van der Waals surface area (Å²) in [5.41, 5.74) is -1.77. The van der Waals surface area contributed by atoms with E-state index < -0.39 is 23.7 Å². The minimum Gasteiger partial charge on any atom is -0.477 e. The summed E-state index contributed by atoms with van der Waals surface area (Å²) in [6.07, 6.45) is 0.904. The molecule has 0 aliphatic carbocycles. The second-order valence-corrected chi connectivity index (χ2v) is 2.22. The van der Waals surface area contributed by atoms with Gasteiger partial charge in [0.1, 0.15) is 5.56 Å². The first-order valence-electron chi connectivity index (χ1n) is 3.42. The largest absolute Gasteiger partial charge is 0.477 e. The van der Waals surface area contributed by atoms with E-state index in [0.29, 0.717) is 0 Å². The van der Waals surface area contributed by atoms with Crippen molar-refractivity contribution >= 4 is 5.97 Å². The first kappa shape index (κ1) is 10.2. The summed E-state index contributed by atoms with van der Waals surface area (Å²) in [7, 11) is 0. The summed E-state index contributed by atoms with van der Waals surface area (Å²) in [6.45, 7) is -3.18. The number of alkyl halides is 2. The van der Waals surface area contributed by atoms with Gasteiger partial charge in [-0.05, 0) is 12.1 Å². The standard InChI is InChI=1S/C7H5F2NO4/c8-7(9)14-10-3-1-2-4(5(10)11)6(12)13/h1-3,7H,(H,12,13). The van der Waals surface area contributed by atoms with E-state index in [1.807, 2.05) is 0 Å². The lowest BCUT2D eigenvalue weighted by Gasteiger charge is -2.06. The Balaban J connectivity index is 3.15. The van der Waals surface area contributed by atoms with Gasteiger partial charge in [-0.3, -0.25) is 4.79 Å². The molecule has 0 bridgehead atoms. The number of halogens is 2. The fourth-order valence-corrected chi connectivity index (χ4v) is 0.807. The van der Waals surface area contributed by atoms with Gasteiger partial charge in [-0.2, -0.15) is 8.78 Å². The molecular formula is C7H5F2NO4. The lowest BCUT2D eigenvalue weighted by molar-refractivity contribution is -0.135. The van der Waals surface area contributed by atoms with Crippen LogP contribution in [-0.2, 0) is 0 Å². The number of nitrogens with zero attached hydrogens (tertiary/aromatic N) is 1. The number of aromatic nitrogens is 1. The maximum Gasteiger partial charge on any atom is 0.405 e. The van der Waals surface area contributed by atoms with Crippen molar-refractivity contribution in [2.45, 2.75) is 6.61 Å². The van der Waals surface area contributed by atoms with Crippen LogP contribution >= 0.6 is 0 Å². The Morgan fingerprint density at radius 1 is 1.57 bits per heavy atom. The molecule has 1 aromatic heterocycles. The minimum atomic E-state index is -3.18. The first-order valence-corrected chi connectivity index (χ1v) is 3.42. The molecule has 0 aliphatic rings. The maximum absolute atomic E-state index is 11.7. The van der Waals surface area contributed by atoms with Crippen molar-refractivity contribution in [2.24, 2.45) is 0 Å². The molecule has 0 aliphatic heterocycles. The van der Waals surface area contributed by atoms with Crippen molar-refractivity contribution in [3.8, 4) is 0 Å². The topological polar surface area (TPSA) is 68.5 Å². The average molecular weight is 205 g/mol. The highest BCUT2D eigenvalue weighted by Gasteiger charge is 2.12. The van der Waals surface area contributed by atoms with Gasteiger partial charge in [0.15, 0.2) is 0 Å². The molecule has 1 rings (SSSR count). The number of rotatable bonds is 3. The Hall–Kier alpha value is -1.92.